The predicted octanol–water partition coefficient (Wildman–Crippen LogP) is 2.31. The molecule has 0 aliphatic carbocycles. The van der Waals surface area contributed by atoms with Crippen molar-refractivity contribution in [2.75, 3.05) is 43.4 Å². The zero-order chi connectivity index (χ0) is 18.7. The molecule has 1 aliphatic heterocycles. The van der Waals surface area contributed by atoms with Crippen molar-refractivity contribution in [3.63, 3.8) is 0 Å². The van der Waals surface area contributed by atoms with E-state index in [0.717, 1.165) is 43.1 Å². The number of benzene rings is 1. The highest BCUT2D eigenvalue weighted by Crippen LogP contribution is 2.24. The summed E-state index contributed by atoms with van der Waals surface area (Å²) in [7, 11) is 2.15. The average molecular weight is 375 g/mol. The van der Waals surface area contributed by atoms with Crippen molar-refractivity contribution in [1.82, 2.24) is 9.47 Å². The molecule has 1 aliphatic rings. The number of piperazine rings is 1. The van der Waals surface area contributed by atoms with Crippen LogP contribution >= 0.6 is 11.3 Å². The first-order valence-corrected chi connectivity index (χ1v) is 9.81. The summed E-state index contributed by atoms with van der Waals surface area (Å²) in [6, 6.07) is 6.07. The summed E-state index contributed by atoms with van der Waals surface area (Å²) in [6.45, 7) is 8.57. The largest absolute Gasteiger partial charge is 0.369 e. The van der Waals surface area contributed by atoms with E-state index in [4.69, 9.17) is 0 Å². The molecule has 1 fully saturated rings. The number of nitrogens with zero attached hydrogens (tertiary/aromatic N) is 3. The van der Waals surface area contributed by atoms with Crippen LogP contribution in [-0.4, -0.2) is 48.6 Å². The molecular weight excluding hydrogens is 348 g/mol. The number of carbonyl (C=O) groups excluding carboxylic acids is 1. The van der Waals surface area contributed by atoms with Gasteiger partial charge < -0.3 is 19.7 Å². The van der Waals surface area contributed by atoms with E-state index in [9.17, 15) is 9.59 Å². The lowest BCUT2D eigenvalue weighted by molar-refractivity contribution is -0.116. The lowest BCUT2D eigenvalue weighted by Crippen LogP contribution is -2.44. The van der Waals surface area contributed by atoms with Crippen molar-refractivity contribution in [3.8, 4) is 0 Å². The van der Waals surface area contributed by atoms with Gasteiger partial charge in [0.05, 0.1) is 0 Å². The summed E-state index contributed by atoms with van der Waals surface area (Å²) in [5.74, 6) is -0.0748. The Balaban J connectivity index is 1.59. The smallest absolute Gasteiger partial charge is 0.307 e. The molecule has 1 aromatic carbocycles. The molecule has 0 unspecified atom stereocenters. The first-order chi connectivity index (χ1) is 12.4. The number of hydrogen-bond acceptors (Lipinski definition) is 5. The summed E-state index contributed by atoms with van der Waals surface area (Å²) in [4.78, 5) is 28.6. The van der Waals surface area contributed by atoms with E-state index in [1.165, 1.54) is 17.0 Å². The van der Waals surface area contributed by atoms with Gasteiger partial charge in [-0.05, 0) is 44.7 Å². The fraction of sp³-hybridized carbons (Fsp3) is 0.474. The van der Waals surface area contributed by atoms with E-state index in [-0.39, 0.29) is 17.2 Å². The molecule has 3 rings (SSSR count). The van der Waals surface area contributed by atoms with E-state index in [0.29, 0.717) is 6.54 Å². The van der Waals surface area contributed by atoms with Crippen LogP contribution in [0.5, 0.6) is 0 Å². The minimum Gasteiger partial charge on any atom is -0.369 e. The molecule has 0 spiro atoms. The molecule has 1 N–H and O–H groups in total. The van der Waals surface area contributed by atoms with E-state index >= 15 is 0 Å². The fourth-order valence-corrected chi connectivity index (χ4v) is 4.01. The molecule has 0 saturated carbocycles. The molecule has 1 saturated heterocycles. The maximum absolute atomic E-state index is 12.2. The van der Waals surface area contributed by atoms with Crippen LogP contribution in [0.25, 0.3) is 0 Å². The number of aryl methyl sites for hydroxylation is 2. The highest BCUT2D eigenvalue weighted by molar-refractivity contribution is 7.07. The Kier molecular flexibility index (Phi) is 5.78. The first-order valence-electron chi connectivity index (χ1n) is 8.93. The van der Waals surface area contributed by atoms with E-state index < -0.39 is 0 Å². The second-order valence-electron chi connectivity index (χ2n) is 6.88. The zero-order valence-corrected chi connectivity index (χ0v) is 16.4. The lowest BCUT2D eigenvalue weighted by atomic mass is 10.1. The molecule has 1 amide bonds. The molecule has 0 bridgehead atoms. The Labute approximate surface area is 158 Å². The third-order valence-corrected chi connectivity index (χ3v) is 5.74. The van der Waals surface area contributed by atoms with Gasteiger partial charge in [-0.25, -0.2) is 0 Å². The summed E-state index contributed by atoms with van der Waals surface area (Å²) in [5.41, 5.74) is 4.11. The number of rotatable bonds is 5. The van der Waals surface area contributed by atoms with Crippen molar-refractivity contribution < 1.29 is 4.79 Å². The number of amides is 1. The average Bonchev–Trinajstić information content (AvgIpc) is 2.92. The van der Waals surface area contributed by atoms with Gasteiger partial charge in [-0.2, -0.15) is 0 Å². The Morgan fingerprint density at radius 1 is 1.19 bits per heavy atom. The number of anilines is 2. The summed E-state index contributed by atoms with van der Waals surface area (Å²) in [6.07, 6.45) is 0.288. The highest BCUT2D eigenvalue weighted by Gasteiger charge is 2.16. The normalized spacial score (nSPS) is 15.3. The Morgan fingerprint density at radius 3 is 2.54 bits per heavy atom. The minimum absolute atomic E-state index is 0.0114. The van der Waals surface area contributed by atoms with Crippen molar-refractivity contribution in [2.45, 2.75) is 26.8 Å². The van der Waals surface area contributed by atoms with Crippen molar-refractivity contribution in [2.24, 2.45) is 0 Å². The van der Waals surface area contributed by atoms with Gasteiger partial charge in [0, 0.05) is 61.6 Å². The standard InChI is InChI=1S/C19H26N4O2S/c1-14-12-16(4-5-17(14)22-10-8-21(3)9-11-22)20-18(24)6-7-23-15(2)13-26-19(23)25/h4-5,12-13H,6-11H2,1-3H3,(H,20,24). The topological polar surface area (TPSA) is 57.6 Å². The van der Waals surface area contributed by atoms with Crippen LogP contribution in [-0.2, 0) is 11.3 Å². The summed E-state index contributed by atoms with van der Waals surface area (Å²) < 4.78 is 1.64. The van der Waals surface area contributed by atoms with E-state index in [2.05, 4.69) is 35.2 Å². The molecule has 2 heterocycles. The van der Waals surface area contributed by atoms with Gasteiger partial charge in [0.15, 0.2) is 0 Å². The number of carbonyl (C=O) groups is 1. The molecule has 6 nitrogen and oxygen atoms in total. The second-order valence-corrected chi connectivity index (χ2v) is 7.71. The number of nitrogens with one attached hydrogen (secondary N) is 1. The van der Waals surface area contributed by atoms with E-state index in [1.807, 2.05) is 24.4 Å². The molecule has 0 radical (unpaired) electrons. The summed E-state index contributed by atoms with van der Waals surface area (Å²) >= 11 is 1.17. The van der Waals surface area contributed by atoms with Gasteiger partial charge in [0.25, 0.3) is 0 Å². The fourth-order valence-electron chi connectivity index (χ4n) is 3.25. The number of hydrogen-bond donors (Lipinski definition) is 1. The molecule has 140 valence electrons. The van der Waals surface area contributed by atoms with Gasteiger partial charge in [0.2, 0.25) is 5.91 Å². The summed E-state index contributed by atoms with van der Waals surface area (Å²) in [5, 5.41) is 4.76. The quantitative estimate of drug-likeness (QED) is 0.873. The zero-order valence-electron chi connectivity index (χ0n) is 15.6. The number of aromatic nitrogens is 1. The van der Waals surface area contributed by atoms with Crippen LogP contribution in [0.4, 0.5) is 11.4 Å². The Morgan fingerprint density at radius 2 is 1.92 bits per heavy atom. The third kappa shape index (κ3) is 4.34. The van der Waals surface area contributed by atoms with E-state index in [1.54, 1.807) is 4.57 Å². The molecule has 7 heteroatoms. The van der Waals surface area contributed by atoms with Gasteiger partial charge in [-0.3, -0.25) is 9.59 Å². The van der Waals surface area contributed by atoms with Gasteiger partial charge in [0.1, 0.15) is 0 Å². The van der Waals surface area contributed by atoms with Crippen LogP contribution < -0.4 is 15.1 Å². The maximum atomic E-state index is 12.2. The van der Waals surface area contributed by atoms with Gasteiger partial charge in [-0.15, -0.1) is 0 Å². The van der Waals surface area contributed by atoms with Crippen molar-refractivity contribution in [3.05, 3.63) is 44.5 Å². The van der Waals surface area contributed by atoms with Crippen molar-refractivity contribution in [1.29, 1.82) is 0 Å². The molecular formula is C19H26N4O2S. The molecule has 26 heavy (non-hydrogen) atoms. The predicted molar refractivity (Wildman–Crippen MR) is 107 cm³/mol. The highest BCUT2D eigenvalue weighted by atomic mass is 32.1. The third-order valence-electron chi connectivity index (χ3n) is 4.86. The SMILES string of the molecule is Cc1cc(NC(=O)CCn2c(C)csc2=O)ccc1N1CCN(C)CC1. The van der Waals surface area contributed by atoms with Crippen LogP contribution in [0.1, 0.15) is 17.7 Å². The number of thiazole rings is 1. The van der Waals surface area contributed by atoms with Crippen LogP contribution in [0.15, 0.2) is 28.4 Å². The molecule has 1 aromatic heterocycles. The first kappa shape index (κ1) is 18.7. The van der Waals surface area contributed by atoms with Gasteiger partial charge in [-0.1, -0.05) is 11.3 Å². The molecule has 2 aromatic rings. The van der Waals surface area contributed by atoms with Crippen LogP contribution in [0.3, 0.4) is 0 Å². The maximum Gasteiger partial charge on any atom is 0.307 e. The minimum atomic E-state index is -0.0748. The van der Waals surface area contributed by atoms with Crippen molar-refractivity contribution >= 4 is 28.6 Å². The lowest BCUT2D eigenvalue weighted by Gasteiger charge is -2.35. The number of likely N-dealkylation sites (N-methyl/N-ethyl adjacent to an activating group) is 1. The van der Waals surface area contributed by atoms with Crippen LogP contribution in [0, 0.1) is 13.8 Å². The Bertz CT molecular complexity index is 834. The second kappa shape index (κ2) is 8.05. The van der Waals surface area contributed by atoms with Gasteiger partial charge >= 0.3 is 4.87 Å². The Hall–Kier alpha value is -2.12. The monoisotopic (exact) mass is 374 g/mol. The molecule has 0 atom stereocenters. The van der Waals surface area contributed by atoms with Crippen LogP contribution in [0.2, 0.25) is 0 Å².